The first kappa shape index (κ1) is 18.1. The average Bonchev–Trinajstić information content (AvgIpc) is 2.54. The summed E-state index contributed by atoms with van der Waals surface area (Å²) in [6.07, 6.45) is 0. The molecular formula is C19H21NO3S. The Morgan fingerprint density at radius 2 is 1.83 bits per heavy atom. The SMILES string of the molecule is Cc1cccc(NC(=O)COC(=O)CSc2ccc(C)c(C)c2)c1. The standard InChI is InChI=1S/C19H21NO3S/c1-13-5-4-6-16(9-13)20-18(21)11-23-19(22)12-24-17-8-7-14(2)15(3)10-17/h4-10H,11-12H2,1-3H3,(H,20,21). The molecule has 2 rings (SSSR count). The molecule has 0 aliphatic carbocycles. The Hall–Kier alpha value is -2.27. The van der Waals surface area contributed by atoms with Crippen LogP contribution in [0.4, 0.5) is 5.69 Å². The minimum absolute atomic E-state index is 0.181. The van der Waals surface area contributed by atoms with Crippen LogP contribution in [0.2, 0.25) is 0 Å². The lowest BCUT2D eigenvalue weighted by Crippen LogP contribution is -2.21. The van der Waals surface area contributed by atoms with Gasteiger partial charge in [-0.15, -0.1) is 11.8 Å². The highest BCUT2D eigenvalue weighted by Gasteiger charge is 2.09. The van der Waals surface area contributed by atoms with Gasteiger partial charge in [0.05, 0.1) is 5.75 Å². The number of hydrogen-bond acceptors (Lipinski definition) is 4. The molecule has 0 atom stereocenters. The first-order valence-corrected chi connectivity index (χ1v) is 8.65. The molecule has 0 fully saturated rings. The highest BCUT2D eigenvalue weighted by molar-refractivity contribution is 8.00. The second-order valence-corrected chi connectivity index (χ2v) is 6.66. The maximum Gasteiger partial charge on any atom is 0.316 e. The number of carbonyl (C=O) groups is 2. The molecule has 0 radical (unpaired) electrons. The Balaban J connectivity index is 1.74. The summed E-state index contributed by atoms with van der Waals surface area (Å²) in [6.45, 7) is 5.75. The Morgan fingerprint density at radius 3 is 2.54 bits per heavy atom. The molecule has 0 aliphatic rings. The molecule has 5 heteroatoms. The summed E-state index contributed by atoms with van der Waals surface area (Å²) >= 11 is 1.40. The van der Waals surface area contributed by atoms with Gasteiger partial charge in [-0.05, 0) is 61.7 Å². The minimum Gasteiger partial charge on any atom is -0.455 e. The molecular weight excluding hydrogens is 322 g/mol. The normalized spacial score (nSPS) is 10.3. The van der Waals surface area contributed by atoms with E-state index in [0.29, 0.717) is 5.69 Å². The number of carbonyl (C=O) groups excluding carboxylic acids is 2. The van der Waals surface area contributed by atoms with Crippen LogP contribution < -0.4 is 5.32 Å². The van der Waals surface area contributed by atoms with Gasteiger partial charge in [-0.2, -0.15) is 0 Å². The third-order valence-corrected chi connectivity index (χ3v) is 4.47. The van der Waals surface area contributed by atoms with E-state index in [-0.39, 0.29) is 18.3 Å². The minimum atomic E-state index is -0.405. The summed E-state index contributed by atoms with van der Waals surface area (Å²) in [6, 6.07) is 13.5. The summed E-state index contributed by atoms with van der Waals surface area (Å²) in [7, 11) is 0. The quantitative estimate of drug-likeness (QED) is 0.639. The van der Waals surface area contributed by atoms with Crippen molar-refractivity contribution < 1.29 is 14.3 Å². The lowest BCUT2D eigenvalue weighted by Gasteiger charge is -2.08. The van der Waals surface area contributed by atoms with Crippen molar-refractivity contribution in [2.75, 3.05) is 17.7 Å². The molecule has 0 saturated carbocycles. The van der Waals surface area contributed by atoms with E-state index < -0.39 is 5.97 Å². The molecule has 0 saturated heterocycles. The lowest BCUT2D eigenvalue weighted by atomic mass is 10.1. The number of benzene rings is 2. The van der Waals surface area contributed by atoms with Crippen LogP contribution in [0.3, 0.4) is 0 Å². The zero-order valence-electron chi connectivity index (χ0n) is 14.1. The smallest absolute Gasteiger partial charge is 0.316 e. The number of ether oxygens (including phenoxy) is 1. The molecule has 0 aliphatic heterocycles. The number of thioether (sulfide) groups is 1. The Morgan fingerprint density at radius 1 is 1.04 bits per heavy atom. The Labute approximate surface area is 146 Å². The van der Waals surface area contributed by atoms with Crippen LogP contribution in [0.15, 0.2) is 47.4 Å². The molecule has 0 aromatic heterocycles. The van der Waals surface area contributed by atoms with Crippen molar-refractivity contribution >= 4 is 29.3 Å². The molecule has 0 spiro atoms. The van der Waals surface area contributed by atoms with Gasteiger partial charge in [-0.3, -0.25) is 9.59 Å². The van der Waals surface area contributed by atoms with Crippen molar-refractivity contribution in [2.45, 2.75) is 25.7 Å². The molecule has 1 amide bonds. The van der Waals surface area contributed by atoms with Crippen LogP contribution in [0, 0.1) is 20.8 Å². The predicted molar refractivity (Wildman–Crippen MR) is 97.4 cm³/mol. The van der Waals surface area contributed by atoms with E-state index in [1.54, 1.807) is 6.07 Å². The summed E-state index contributed by atoms with van der Waals surface area (Å²) < 4.78 is 5.01. The van der Waals surface area contributed by atoms with E-state index >= 15 is 0 Å². The predicted octanol–water partition coefficient (Wildman–Crippen LogP) is 3.89. The fourth-order valence-electron chi connectivity index (χ4n) is 2.05. The zero-order chi connectivity index (χ0) is 17.5. The van der Waals surface area contributed by atoms with E-state index in [4.69, 9.17) is 4.74 Å². The van der Waals surface area contributed by atoms with Crippen molar-refractivity contribution in [2.24, 2.45) is 0 Å². The maximum absolute atomic E-state index is 11.8. The van der Waals surface area contributed by atoms with Crippen LogP contribution in [-0.4, -0.2) is 24.2 Å². The molecule has 2 aromatic carbocycles. The fourth-order valence-corrected chi connectivity index (χ4v) is 2.85. The van der Waals surface area contributed by atoms with Gasteiger partial charge in [0.2, 0.25) is 0 Å². The number of esters is 1. The van der Waals surface area contributed by atoms with Crippen LogP contribution in [0.5, 0.6) is 0 Å². The molecule has 0 unspecified atom stereocenters. The Bertz CT molecular complexity index is 743. The largest absolute Gasteiger partial charge is 0.455 e. The third-order valence-electron chi connectivity index (χ3n) is 3.50. The Kier molecular flexibility index (Phi) is 6.44. The van der Waals surface area contributed by atoms with Crippen molar-refractivity contribution in [1.29, 1.82) is 0 Å². The monoisotopic (exact) mass is 343 g/mol. The number of hydrogen-bond donors (Lipinski definition) is 1. The van der Waals surface area contributed by atoms with Gasteiger partial charge in [-0.1, -0.05) is 18.2 Å². The van der Waals surface area contributed by atoms with Crippen molar-refractivity contribution in [1.82, 2.24) is 0 Å². The summed E-state index contributed by atoms with van der Waals surface area (Å²) in [5.41, 5.74) is 4.15. The van der Waals surface area contributed by atoms with E-state index in [0.717, 1.165) is 10.5 Å². The number of rotatable bonds is 6. The lowest BCUT2D eigenvalue weighted by molar-refractivity contribution is -0.144. The van der Waals surface area contributed by atoms with Crippen LogP contribution in [0.1, 0.15) is 16.7 Å². The summed E-state index contributed by atoms with van der Waals surface area (Å²) in [5.74, 6) is -0.567. The topological polar surface area (TPSA) is 55.4 Å². The van der Waals surface area contributed by atoms with Gasteiger partial charge in [0.25, 0.3) is 5.91 Å². The third kappa shape index (κ3) is 5.74. The highest BCUT2D eigenvalue weighted by atomic mass is 32.2. The molecule has 0 bridgehead atoms. The average molecular weight is 343 g/mol. The molecule has 24 heavy (non-hydrogen) atoms. The number of nitrogens with one attached hydrogen (secondary N) is 1. The van der Waals surface area contributed by atoms with Gasteiger partial charge in [0.1, 0.15) is 0 Å². The van der Waals surface area contributed by atoms with E-state index in [1.165, 1.54) is 22.9 Å². The van der Waals surface area contributed by atoms with Crippen molar-refractivity contribution in [3.05, 3.63) is 59.2 Å². The van der Waals surface area contributed by atoms with Gasteiger partial charge < -0.3 is 10.1 Å². The molecule has 4 nitrogen and oxygen atoms in total. The molecule has 2 aromatic rings. The van der Waals surface area contributed by atoms with Gasteiger partial charge in [0.15, 0.2) is 6.61 Å². The van der Waals surface area contributed by atoms with E-state index in [2.05, 4.69) is 5.32 Å². The molecule has 1 N–H and O–H groups in total. The highest BCUT2D eigenvalue weighted by Crippen LogP contribution is 2.21. The first-order chi connectivity index (χ1) is 11.4. The second kappa shape index (κ2) is 8.55. The van der Waals surface area contributed by atoms with Gasteiger partial charge >= 0.3 is 5.97 Å². The summed E-state index contributed by atoms with van der Waals surface area (Å²) in [4.78, 5) is 24.6. The van der Waals surface area contributed by atoms with Crippen molar-refractivity contribution in [3.63, 3.8) is 0 Å². The first-order valence-electron chi connectivity index (χ1n) is 7.66. The van der Waals surface area contributed by atoms with Crippen LogP contribution in [-0.2, 0) is 14.3 Å². The number of aryl methyl sites for hydroxylation is 3. The molecule has 126 valence electrons. The number of amides is 1. The molecule has 0 heterocycles. The van der Waals surface area contributed by atoms with Gasteiger partial charge in [-0.25, -0.2) is 0 Å². The van der Waals surface area contributed by atoms with Crippen molar-refractivity contribution in [3.8, 4) is 0 Å². The maximum atomic E-state index is 11.8. The number of anilines is 1. The zero-order valence-corrected chi connectivity index (χ0v) is 14.9. The van der Waals surface area contributed by atoms with E-state index in [9.17, 15) is 9.59 Å². The van der Waals surface area contributed by atoms with Crippen LogP contribution in [0.25, 0.3) is 0 Å². The fraction of sp³-hybridized carbons (Fsp3) is 0.263. The second-order valence-electron chi connectivity index (χ2n) is 5.61. The summed E-state index contributed by atoms with van der Waals surface area (Å²) in [5, 5.41) is 2.70. The van der Waals surface area contributed by atoms with Gasteiger partial charge in [0, 0.05) is 10.6 Å². The van der Waals surface area contributed by atoms with Crippen LogP contribution >= 0.6 is 11.8 Å². The van der Waals surface area contributed by atoms with E-state index in [1.807, 2.05) is 57.2 Å².